The number of Topliss-reactive ketones (excluding diaryl/α,β-unsaturated/α-hetero) is 1. The van der Waals surface area contributed by atoms with Gasteiger partial charge in [0.05, 0.1) is 22.2 Å². The lowest BCUT2D eigenvalue weighted by molar-refractivity contribution is -0.118. The lowest BCUT2D eigenvalue weighted by Gasteiger charge is -2.13. The van der Waals surface area contributed by atoms with E-state index in [0.717, 1.165) is 67.3 Å². The van der Waals surface area contributed by atoms with Crippen LogP contribution in [0.15, 0.2) is 30.7 Å². The predicted octanol–water partition coefficient (Wildman–Crippen LogP) is 5.48. The fourth-order valence-electron chi connectivity index (χ4n) is 4.52. The van der Waals surface area contributed by atoms with E-state index in [1.165, 1.54) is 25.6 Å². The molecule has 4 aromatic rings. The third kappa shape index (κ3) is 5.00. The summed E-state index contributed by atoms with van der Waals surface area (Å²) in [5, 5.41) is 4.52. The molecule has 34 heavy (non-hydrogen) atoms. The highest BCUT2D eigenvalue weighted by Crippen LogP contribution is 2.42. The Morgan fingerprint density at radius 2 is 2.15 bits per heavy atom. The molecule has 1 aliphatic rings. The molecule has 0 saturated carbocycles. The van der Waals surface area contributed by atoms with Gasteiger partial charge in [-0.2, -0.15) is 0 Å². The molecule has 0 radical (unpaired) electrons. The number of nitrogens with zero attached hydrogens (tertiary/aromatic N) is 3. The molecule has 0 atom stereocenters. The van der Waals surface area contributed by atoms with E-state index >= 15 is 0 Å². The molecule has 0 amide bonds. The van der Waals surface area contributed by atoms with Gasteiger partial charge in [-0.25, -0.2) is 9.97 Å². The second-order valence-electron chi connectivity index (χ2n) is 8.84. The third-order valence-corrected chi connectivity index (χ3v) is 8.54. The average Bonchev–Trinajstić information content (AvgIpc) is 3.54. The highest BCUT2D eigenvalue weighted by Gasteiger charge is 2.25. The molecular weight excluding hydrogens is 464 g/mol. The number of aromatic nitrogens is 3. The Morgan fingerprint density at radius 3 is 2.97 bits per heavy atom. The monoisotopic (exact) mass is 494 g/mol. The Morgan fingerprint density at radius 1 is 1.24 bits per heavy atom. The molecule has 3 aromatic heterocycles. The highest BCUT2D eigenvalue weighted by atomic mass is 32.1. The second-order valence-corrected chi connectivity index (χ2v) is 11.1. The fourth-order valence-corrected chi connectivity index (χ4v) is 6.99. The van der Waals surface area contributed by atoms with Crippen molar-refractivity contribution in [1.29, 1.82) is 0 Å². The van der Waals surface area contributed by atoms with Gasteiger partial charge in [-0.05, 0) is 56.5 Å². The zero-order chi connectivity index (χ0) is 23.5. The van der Waals surface area contributed by atoms with Crippen LogP contribution in [0.1, 0.15) is 46.7 Å². The first-order valence-corrected chi connectivity index (χ1v) is 13.5. The van der Waals surface area contributed by atoms with Gasteiger partial charge in [-0.15, -0.1) is 22.7 Å². The van der Waals surface area contributed by atoms with E-state index in [0.29, 0.717) is 18.6 Å². The van der Waals surface area contributed by atoms with Gasteiger partial charge in [0.2, 0.25) is 0 Å². The lowest BCUT2D eigenvalue weighted by Crippen LogP contribution is -2.22. The number of nitrogens with one attached hydrogen (secondary N) is 1. The molecule has 1 aromatic carbocycles. The van der Waals surface area contributed by atoms with Crippen molar-refractivity contribution in [1.82, 2.24) is 19.9 Å². The Hall–Kier alpha value is -2.39. The summed E-state index contributed by atoms with van der Waals surface area (Å²) in [6.07, 6.45) is 8.98. The van der Waals surface area contributed by atoms with E-state index < -0.39 is 0 Å². The van der Waals surface area contributed by atoms with Gasteiger partial charge in [0, 0.05) is 60.3 Å². The van der Waals surface area contributed by atoms with Gasteiger partial charge >= 0.3 is 0 Å². The number of carbonyl (C=O) groups is 1. The molecule has 1 N–H and O–H groups in total. The maximum absolute atomic E-state index is 12.9. The van der Waals surface area contributed by atoms with Crippen molar-refractivity contribution >= 4 is 38.7 Å². The van der Waals surface area contributed by atoms with Crippen molar-refractivity contribution in [3.05, 3.63) is 51.7 Å². The minimum atomic E-state index is 0.323. The van der Waals surface area contributed by atoms with Crippen LogP contribution >= 0.6 is 22.7 Å². The zero-order valence-electron chi connectivity index (χ0n) is 19.7. The van der Waals surface area contributed by atoms with E-state index in [4.69, 9.17) is 9.72 Å². The van der Waals surface area contributed by atoms with Gasteiger partial charge < -0.3 is 14.6 Å². The highest BCUT2D eigenvalue weighted by molar-refractivity contribution is 7.22. The molecule has 5 rings (SSSR count). The molecule has 0 spiro atoms. The van der Waals surface area contributed by atoms with Crippen molar-refractivity contribution in [2.24, 2.45) is 0 Å². The maximum Gasteiger partial charge on any atom is 0.138 e. The van der Waals surface area contributed by atoms with Gasteiger partial charge in [-0.1, -0.05) is 6.42 Å². The summed E-state index contributed by atoms with van der Waals surface area (Å²) in [6, 6.07) is 6.39. The van der Waals surface area contributed by atoms with E-state index in [2.05, 4.69) is 28.5 Å². The van der Waals surface area contributed by atoms with Crippen LogP contribution in [0.2, 0.25) is 0 Å². The standard InChI is InChI=1S/C26H30N4O2S2/c1-17-15-30(16-28-17)18-7-8-22-21(12-18)29-26(34-22)25-20-9-10-27-14-24(20)33-23(25)13-19(31)6-4-3-5-11-32-2/h7-8,12,15-16,27H,3-6,9-11,13-14H2,1-2H3. The molecule has 1 aliphatic heterocycles. The Kier molecular flexibility index (Phi) is 7.20. The summed E-state index contributed by atoms with van der Waals surface area (Å²) in [5.74, 6) is 0.323. The van der Waals surface area contributed by atoms with E-state index in [9.17, 15) is 4.79 Å². The van der Waals surface area contributed by atoms with Crippen LogP contribution in [-0.4, -0.2) is 40.6 Å². The summed E-state index contributed by atoms with van der Waals surface area (Å²) in [5.41, 5.74) is 5.65. The summed E-state index contributed by atoms with van der Waals surface area (Å²) in [7, 11) is 1.72. The van der Waals surface area contributed by atoms with Crippen molar-refractivity contribution in [2.45, 2.75) is 52.0 Å². The molecule has 178 valence electrons. The maximum atomic E-state index is 12.9. The number of imidazole rings is 1. The molecular formula is C26H30N4O2S2. The number of thiazole rings is 1. The molecule has 4 heterocycles. The normalized spacial score (nSPS) is 13.5. The van der Waals surface area contributed by atoms with Crippen LogP contribution in [0.25, 0.3) is 26.5 Å². The van der Waals surface area contributed by atoms with Gasteiger partial charge in [0.25, 0.3) is 0 Å². The predicted molar refractivity (Wildman–Crippen MR) is 139 cm³/mol. The van der Waals surface area contributed by atoms with Crippen LogP contribution in [0, 0.1) is 6.92 Å². The fraction of sp³-hybridized carbons (Fsp3) is 0.423. The summed E-state index contributed by atoms with van der Waals surface area (Å²) in [6.45, 7) is 4.61. The third-order valence-electron chi connectivity index (χ3n) is 6.26. The second kappa shape index (κ2) is 10.5. The topological polar surface area (TPSA) is 69.0 Å². The van der Waals surface area contributed by atoms with Crippen molar-refractivity contribution < 1.29 is 9.53 Å². The first-order valence-electron chi connectivity index (χ1n) is 11.9. The van der Waals surface area contributed by atoms with Crippen LogP contribution in [0.4, 0.5) is 0 Å². The number of fused-ring (bicyclic) bond motifs is 2. The number of benzene rings is 1. The zero-order valence-corrected chi connectivity index (χ0v) is 21.4. The number of ether oxygens (including phenoxy) is 1. The summed E-state index contributed by atoms with van der Waals surface area (Å²) >= 11 is 3.53. The quantitative estimate of drug-likeness (QED) is 0.296. The molecule has 0 saturated heterocycles. The molecule has 6 nitrogen and oxygen atoms in total. The number of rotatable bonds is 10. The molecule has 0 fully saturated rings. The first kappa shape index (κ1) is 23.4. The van der Waals surface area contributed by atoms with Gasteiger partial charge in [0.15, 0.2) is 0 Å². The minimum Gasteiger partial charge on any atom is -0.385 e. The number of carbonyl (C=O) groups excluding carboxylic acids is 1. The number of ketones is 1. The molecule has 0 bridgehead atoms. The van der Waals surface area contributed by atoms with Crippen LogP contribution in [0.3, 0.4) is 0 Å². The number of thiophene rings is 1. The summed E-state index contributed by atoms with van der Waals surface area (Å²) in [4.78, 5) is 24.8. The summed E-state index contributed by atoms with van der Waals surface area (Å²) < 4.78 is 8.31. The van der Waals surface area contributed by atoms with Crippen molar-refractivity contribution in [3.63, 3.8) is 0 Å². The number of hydrogen-bond donors (Lipinski definition) is 1. The SMILES string of the molecule is COCCCCCC(=O)Cc1sc2c(c1-c1nc3cc(-n4cnc(C)c4)ccc3s1)CCNC2. The number of aryl methyl sites for hydroxylation is 1. The van der Waals surface area contributed by atoms with E-state index in [-0.39, 0.29) is 0 Å². The van der Waals surface area contributed by atoms with Crippen molar-refractivity contribution in [3.8, 4) is 16.3 Å². The van der Waals surface area contributed by atoms with E-state index in [1.807, 2.05) is 24.0 Å². The molecule has 8 heteroatoms. The number of methoxy groups -OCH3 is 1. The first-order chi connectivity index (χ1) is 16.6. The Balaban J connectivity index is 1.43. The van der Waals surface area contributed by atoms with Gasteiger partial charge in [-0.3, -0.25) is 4.79 Å². The number of hydrogen-bond acceptors (Lipinski definition) is 7. The van der Waals surface area contributed by atoms with E-state index in [1.54, 1.807) is 29.8 Å². The lowest BCUT2D eigenvalue weighted by atomic mass is 10.00. The Labute approximate surface area is 208 Å². The van der Waals surface area contributed by atoms with Crippen molar-refractivity contribution in [2.75, 3.05) is 20.3 Å². The van der Waals surface area contributed by atoms with Crippen LogP contribution < -0.4 is 5.32 Å². The van der Waals surface area contributed by atoms with Crippen LogP contribution in [0.5, 0.6) is 0 Å². The largest absolute Gasteiger partial charge is 0.385 e. The minimum absolute atomic E-state index is 0.323. The smallest absolute Gasteiger partial charge is 0.138 e. The van der Waals surface area contributed by atoms with Gasteiger partial charge in [0.1, 0.15) is 10.8 Å². The number of unbranched alkanes of at least 4 members (excludes halogenated alkanes) is 2. The molecule has 0 unspecified atom stereocenters. The molecule has 0 aliphatic carbocycles. The Bertz CT molecular complexity index is 1300. The van der Waals surface area contributed by atoms with Crippen LogP contribution in [-0.2, 0) is 28.9 Å². The average molecular weight is 495 g/mol.